The fourth-order valence-corrected chi connectivity index (χ4v) is 7.63. The van der Waals surface area contributed by atoms with E-state index < -0.39 is 17.7 Å². The van der Waals surface area contributed by atoms with Crippen LogP contribution in [0.4, 0.5) is 5.13 Å². The Kier molecular flexibility index (Phi) is 8.89. The number of aryl methyl sites for hydroxylation is 2. The first-order valence-electron chi connectivity index (χ1n) is 15.4. The number of hydrogen-bond donors (Lipinski definition) is 1. The highest BCUT2D eigenvalue weighted by Crippen LogP contribution is 2.46. The summed E-state index contributed by atoms with van der Waals surface area (Å²) in [4.78, 5) is 33.8. The normalized spacial score (nSPS) is 15.7. The number of fused-ring (bicyclic) bond motifs is 1. The van der Waals surface area contributed by atoms with Gasteiger partial charge in [-0.25, -0.2) is 4.98 Å². The Morgan fingerprint density at radius 2 is 1.65 bits per heavy atom. The standard InChI is InChI=1S/C37H31N5O5S2/c1-22-11-10-18-41-23(2)30(38-34(22)41)32(43)29-31(26-16-17-27(28(19-26)46-3)47-20-24-12-6-4-7-13-24)42(35(45)33(29)44)36-39-40-37(49-36)48-21-25-14-8-5-9-15-25/h4-19,31,43H,20-21H2,1-3H3/b32-29+. The van der Waals surface area contributed by atoms with Crippen LogP contribution in [0.2, 0.25) is 0 Å². The van der Waals surface area contributed by atoms with Crippen molar-refractivity contribution in [1.82, 2.24) is 19.6 Å². The molecule has 0 saturated carbocycles. The van der Waals surface area contributed by atoms with Crippen molar-refractivity contribution in [2.45, 2.75) is 36.6 Å². The summed E-state index contributed by atoms with van der Waals surface area (Å²) in [5.41, 5.74) is 4.87. The molecule has 0 radical (unpaired) electrons. The Labute approximate surface area is 290 Å². The number of pyridine rings is 1. The van der Waals surface area contributed by atoms with E-state index in [-0.39, 0.29) is 22.2 Å². The fourth-order valence-electron chi connectivity index (χ4n) is 5.81. The molecule has 4 heterocycles. The topological polar surface area (TPSA) is 119 Å². The summed E-state index contributed by atoms with van der Waals surface area (Å²) in [6.07, 6.45) is 1.84. The second-order valence-corrected chi connectivity index (χ2v) is 13.6. The number of ketones is 1. The maximum absolute atomic E-state index is 13.9. The van der Waals surface area contributed by atoms with Gasteiger partial charge in [-0.1, -0.05) is 95.9 Å². The second-order valence-electron chi connectivity index (χ2n) is 11.4. The van der Waals surface area contributed by atoms with Crippen LogP contribution in [-0.4, -0.2) is 43.5 Å². The minimum absolute atomic E-state index is 0.108. The average Bonchev–Trinajstić information content (AvgIpc) is 3.81. The Hall–Kier alpha value is -5.46. The summed E-state index contributed by atoms with van der Waals surface area (Å²) in [6.45, 7) is 4.04. The molecule has 0 spiro atoms. The third kappa shape index (κ3) is 6.16. The number of aromatic nitrogens is 4. The Balaban J connectivity index is 1.31. The number of carbonyl (C=O) groups excluding carboxylic acids is 2. The number of Topliss-reactive ketones (excluding diaryl/α,β-unsaturated/α-hetero) is 1. The van der Waals surface area contributed by atoms with E-state index in [1.165, 1.54) is 35.1 Å². The van der Waals surface area contributed by atoms with Gasteiger partial charge in [0.25, 0.3) is 5.78 Å². The predicted octanol–water partition coefficient (Wildman–Crippen LogP) is 7.31. The molecule has 1 atom stereocenters. The molecule has 1 saturated heterocycles. The molecule has 246 valence electrons. The van der Waals surface area contributed by atoms with Gasteiger partial charge in [0.1, 0.15) is 17.9 Å². The van der Waals surface area contributed by atoms with Gasteiger partial charge in [-0.2, -0.15) is 0 Å². The smallest absolute Gasteiger partial charge is 0.301 e. The van der Waals surface area contributed by atoms with Crippen molar-refractivity contribution in [2.24, 2.45) is 0 Å². The zero-order chi connectivity index (χ0) is 34.1. The highest BCUT2D eigenvalue weighted by Gasteiger charge is 2.49. The Bertz CT molecular complexity index is 2210. The summed E-state index contributed by atoms with van der Waals surface area (Å²) >= 11 is 2.69. The molecule has 3 aromatic heterocycles. The molecular formula is C37H31N5O5S2. The van der Waals surface area contributed by atoms with E-state index >= 15 is 0 Å². The number of methoxy groups -OCH3 is 1. The van der Waals surface area contributed by atoms with Crippen molar-refractivity contribution in [3.8, 4) is 11.5 Å². The van der Waals surface area contributed by atoms with Crippen molar-refractivity contribution < 1.29 is 24.2 Å². The Morgan fingerprint density at radius 1 is 0.918 bits per heavy atom. The molecule has 6 aromatic rings. The van der Waals surface area contributed by atoms with Crippen molar-refractivity contribution in [3.63, 3.8) is 0 Å². The van der Waals surface area contributed by atoms with Crippen LogP contribution in [0.25, 0.3) is 11.4 Å². The molecule has 0 aliphatic carbocycles. The quantitative estimate of drug-likeness (QED) is 0.0519. The largest absolute Gasteiger partial charge is 0.505 e. The molecule has 1 aliphatic heterocycles. The first-order valence-corrected chi connectivity index (χ1v) is 17.2. The van der Waals surface area contributed by atoms with Gasteiger partial charge in [-0.15, -0.1) is 10.2 Å². The summed E-state index contributed by atoms with van der Waals surface area (Å²) in [5.74, 6) is -0.524. The van der Waals surface area contributed by atoms with E-state index in [1.807, 2.05) is 97.2 Å². The zero-order valence-corrected chi connectivity index (χ0v) is 28.5. The number of anilines is 1. The molecule has 49 heavy (non-hydrogen) atoms. The molecule has 1 unspecified atom stereocenters. The van der Waals surface area contributed by atoms with Gasteiger partial charge in [-0.05, 0) is 54.3 Å². The van der Waals surface area contributed by atoms with Crippen LogP contribution in [0.5, 0.6) is 11.5 Å². The minimum atomic E-state index is -1.05. The molecular weight excluding hydrogens is 659 g/mol. The van der Waals surface area contributed by atoms with Crippen LogP contribution >= 0.6 is 23.1 Å². The van der Waals surface area contributed by atoms with Gasteiger partial charge in [0.2, 0.25) is 5.13 Å². The number of ether oxygens (including phenoxy) is 2. The first-order chi connectivity index (χ1) is 23.8. The van der Waals surface area contributed by atoms with E-state index in [1.54, 1.807) is 18.2 Å². The number of rotatable bonds is 10. The number of aliphatic hydroxyl groups excluding tert-OH is 1. The SMILES string of the molecule is COc1cc(C2/C(=C(\O)c3nc4c(C)cccn4c3C)C(=O)C(=O)N2c2nnc(SCc3ccccc3)s2)ccc1OCc1ccccc1. The number of imidazole rings is 1. The maximum atomic E-state index is 13.9. The first kappa shape index (κ1) is 32.1. The molecule has 1 fully saturated rings. The average molecular weight is 690 g/mol. The van der Waals surface area contributed by atoms with E-state index in [2.05, 4.69) is 10.2 Å². The van der Waals surface area contributed by atoms with Crippen LogP contribution in [0.3, 0.4) is 0 Å². The highest BCUT2D eigenvalue weighted by molar-refractivity contribution is 8.00. The lowest BCUT2D eigenvalue weighted by Crippen LogP contribution is -2.29. The van der Waals surface area contributed by atoms with Crippen molar-refractivity contribution in [2.75, 3.05) is 12.0 Å². The molecule has 0 bridgehead atoms. The number of nitrogens with zero attached hydrogens (tertiary/aromatic N) is 5. The van der Waals surface area contributed by atoms with Crippen LogP contribution in [-0.2, 0) is 21.9 Å². The number of aliphatic hydroxyl groups is 1. The highest BCUT2D eigenvalue weighted by atomic mass is 32.2. The molecule has 1 N–H and O–H groups in total. The van der Waals surface area contributed by atoms with Gasteiger partial charge in [0.05, 0.1) is 24.4 Å². The zero-order valence-electron chi connectivity index (χ0n) is 26.9. The van der Waals surface area contributed by atoms with Crippen LogP contribution in [0.15, 0.2) is 107 Å². The van der Waals surface area contributed by atoms with Gasteiger partial charge in [0, 0.05) is 11.9 Å². The van der Waals surface area contributed by atoms with Crippen LogP contribution in [0, 0.1) is 13.8 Å². The molecule has 7 rings (SSSR count). The third-order valence-corrected chi connectivity index (χ3v) is 10.4. The third-order valence-electron chi connectivity index (χ3n) is 8.30. The van der Waals surface area contributed by atoms with E-state index in [4.69, 9.17) is 14.5 Å². The second kappa shape index (κ2) is 13.6. The number of amides is 1. The molecule has 12 heteroatoms. The minimum Gasteiger partial charge on any atom is -0.505 e. The van der Waals surface area contributed by atoms with Crippen LogP contribution < -0.4 is 14.4 Å². The van der Waals surface area contributed by atoms with Crippen molar-refractivity contribution in [3.05, 3.63) is 136 Å². The Morgan fingerprint density at radius 3 is 2.37 bits per heavy atom. The number of carbonyl (C=O) groups is 2. The monoisotopic (exact) mass is 689 g/mol. The van der Waals surface area contributed by atoms with E-state index in [0.717, 1.165) is 16.7 Å². The molecule has 3 aromatic carbocycles. The fraction of sp³-hybridized carbons (Fsp3) is 0.162. The number of benzene rings is 3. The lowest BCUT2D eigenvalue weighted by Gasteiger charge is -2.23. The van der Waals surface area contributed by atoms with Gasteiger partial charge in [-0.3, -0.25) is 14.5 Å². The summed E-state index contributed by atoms with van der Waals surface area (Å²) in [6, 6.07) is 27.6. The summed E-state index contributed by atoms with van der Waals surface area (Å²) in [7, 11) is 1.52. The lowest BCUT2D eigenvalue weighted by atomic mass is 9.96. The molecule has 1 aliphatic rings. The van der Waals surface area contributed by atoms with Crippen LogP contribution in [0.1, 0.15) is 39.7 Å². The molecule has 1 amide bonds. The molecule has 10 nitrogen and oxygen atoms in total. The number of hydrogen-bond acceptors (Lipinski definition) is 10. The van der Waals surface area contributed by atoms with Gasteiger partial charge >= 0.3 is 5.91 Å². The maximum Gasteiger partial charge on any atom is 0.301 e. The summed E-state index contributed by atoms with van der Waals surface area (Å²) < 4.78 is 14.3. The van der Waals surface area contributed by atoms with Crippen molar-refractivity contribution >= 4 is 51.3 Å². The van der Waals surface area contributed by atoms with E-state index in [9.17, 15) is 14.7 Å². The lowest BCUT2D eigenvalue weighted by molar-refractivity contribution is -0.132. The van der Waals surface area contributed by atoms with E-state index in [0.29, 0.717) is 45.1 Å². The van der Waals surface area contributed by atoms with Crippen molar-refractivity contribution in [1.29, 1.82) is 0 Å². The predicted molar refractivity (Wildman–Crippen MR) is 189 cm³/mol. The summed E-state index contributed by atoms with van der Waals surface area (Å²) in [5, 5.41) is 20.8. The van der Waals surface area contributed by atoms with Gasteiger partial charge < -0.3 is 19.0 Å². The van der Waals surface area contributed by atoms with Gasteiger partial charge in [0.15, 0.2) is 21.6 Å². The number of thioether (sulfide) groups is 1.